The second-order valence-corrected chi connectivity index (χ2v) is 6.22. The molecule has 1 saturated heterocycles. The van der Waals surface area contributed by atoms with Crippen LogP contribution in [0.15, 0.2) is 0 Å². The molecule has 7 heteroatoms. The smallest absolute Gasteiger partial charge is 0.335 e. The van der Waals surface area contributed by atoms with E-state index < -0.39 is 30.1 Å². The Bertz CT molecular complexity index is 388. The molecule has 4 nitrogen and oxygen atoms in total. The van der Waals surface area contributed by atoms with Crippen molar-refractivity contribution in [2.45, 2.75) is 45.8 Å². The molecule has 1 fully saturated rings. The van der Waals surface area contributed by atoms with Crippen LogP contribution in [-0.2, 0) is 9.59 Å². The lowest BCUT2D eigenvalue weighted by atomic mass is 9.94. The molecule has 0 aromatic rings. The van der Waals surface area contributed by atoms with E-state index in [1.54, 1.807) is 20.8 Å². The Morgan fingerprint density at radius 1 is 1.25 bits per heavy atom. The quantitative estimate of drug-likeness (QED) is 0.782. The molecule has 20 heavy (non-hydrogen) atoms. The molecule has 116 valence electrons. The maximum atomic E-state index is 12.3. The van der Waals surface area contributed by atoms with Gasteiger partial charge in [-0.1, -0.05) is 20.8 Å². The molecule has 0 bridgehead atoms. The van der Waals surface area contributed by atoms with E-state index >= 15 is 0 Å². The van der Waals surface area contributed by atoms with E-state index in [0.29, 0.717) is 24.3 Å². The van der Waals surface area contributed by atoms with Crippen LogP contribution in [0.4, 0.5) is 13.2 Å². The zero-order chi connectivity index (χ0) is 15.7. The average molecular weight is 294 g/mol. The Hall–Kier alpha value is -1.27. The van der Waals surface area contributed by atoms with Gasteiger partial charge >= 0.3 is 6.18 Å². The molecule has 0 saturated carbocycles. The monoisotopic (exact) mass is 294 g/mol. The van der Waals surface area contributed by atoms with Crippen molar-refractivity contribution in [3.8, 4) is 0 Å². The molecule has 0 aliphatic carbocycles. The van der Waals surface area contributed by atoms with Crippen molar-refractivity contribution in [1.82, 2.24) is 9.80 Å². The van der Waals surface area contributed by atoms with Gasteiger partial charge in [0.2, 0.25) is 11.8 Å². The summed E-state index contributed by atoms with van der Waals surface area (Å²) in [5.41, 5.74) is -0.647. The number of halogens is 3. The minimum absolute atomic E-state index is 0.200. The second-order valence-electron chi connectivity index (χ2n) is 6.22. The van der Waals surface area contributed by atoms with Crippen LogP contribution in [0.5, 0.6) is 0 Å². The highest BCUT2D eigenvalue weighted by Crippen LogP contribution is 2.27. The number of amides is 2. The minimum Gasteiger partial charge on any atom is -0.335 e. The van der Waals surface area contributed by atoms with Gasteiger partial charge in [-0.25, -0.2) is 0 Å². The molecule has 1 aliphatic rings. The maximum Gasteiger partial charge on any atom is 0.406 e. The molecule has 1 heterocycles. The highest BCUT2D eigenvalue weighted by atomic mass is 19.4. The Balaban J connectivity index is 2.79. The molecule has 0 unspecified atom stereocenters. The number of alkyl halides is 3. The van der Waals surface area contributed by atoms with Gasteiger partial charge in [0.25, 0.3) is 0 Å². The average Bonchev–Trinajstić information content (AvgIpc) is 2.71. The first kappa shape index (κ1) is 16.8. The lowest BCUT2D eigenvalue weighted by molar-refractivity contribution is -0.163. The zero-order valence-electron chi connectivity index (χ0n) is 12.3. The van der Waals surface area contributed by atoms with Gasteiger partial charge in [-0.15, -0.1) is 0 Å². The lowest BCUT2D eigenvalue weighted by Gasteiger charge is -2.32. The van der Waals surface area contributed by atoms with Gasteiger partial charge in [-0.2, -0.15) is 13.2 Å². The number of carbonyl (C=O) groups excluding carboxylic acids is 2. The van der Waals surface area contributed by atoms with Crippen LogP contribution in [-0.4, -0.2) is 54.0 Å². The van der Waals surface area contributed by atoms with E-state index in [-0.39, 0.29) is 5.91 Å². The summed E-state index contributed by atoms with van der Waals surface area (Å²) in [5, 5.41) is 0. The predicted octanol–water partition coefficient (Wildman–Crippen LogP) is 2.04. The van der Waals surface area contributed by atoms with Crippen LogP contribution in [0.2, 0.25) is 0 Å². The van der Waals surface area contributed by atoms with Crippen molar-refractivity contribution in [3.63, 3.8) is 0 Å². The highest BCUT2D eigenvalue weighted by Gasteiger charge is 2.41. The second kappa shape index (κ2) is 5.61. The molecule has 0 aromatic heterocycles. The third-order valence-electron chi connectivity index (χ3n) is 3.23. The third-order valence-corrected chi connectivity index (χ3v) is 3.23. The standard InChI is InChI=1S/C13H21F3N2O2/c1-12(2,3)11(20)18-7-5-6-9(18)10(19)17(4)8-13(14,15)16/h9H,5-8H2,1-4H3/t9-/m0/s1. The van der Waals surface area contributed by atoms with Crippen molar-refractivity contribution in [3.05, 3.63) is 0 Å². The highest BCUT2D eigenvalue weighted by molar-refractivity contribution is 5.90. The van der Waals surface area contributed by atoms with E-state index in [4.69, 9.17) is 0 Å². The summed E-state index contributed by atoms with van der Waals surface area (Å²) >= 11 is 0. The van der Waals surface area contributed by atoms with Crippen LogP contribution >= 0.6 is 0 Å². The predicted molar refractivity (Wildman–Crippen MR) is 67.9 cm³/mol. The number of nitrogens with zero attached hydrogens (tertiary/aromatic N) is 2. The molecule has 0 aromatic carbocycles. The van der Waals surface area contributed by atoms with Gasteiger partial charge in [0.05, 0.1) is 0 Å². The van der Waals surface area contributed by atoms with Gasteiger partial charge in [-0.3, -0.25) is 9.59 Å². The summed E-state index contributed by atoms with van der Waals surface area (Å²) < 4.78 is 37.0. The Labute approximate surface area is 116 Å². The summed E-state index contributed by atoms with van der Waals surface area (Å²) in [6.07, 6.45) is -3.37. The maximum absolute atomic E-state index is 12.3. The molecule has 1 rings (SSSR count). The van der Waals surface area contributed by atoms with Crippen LogP contribution in [0.3, 0.4) is 0 Å². The fraction of sp³-hybridized carbons (Fsp3) is 0.846. The number of carbonyl (C=O) groups is 2. The summed E-state index contributed by atoms with van der Waals surface area (Å²) in [7, 11) is 1.12. The van der Waals surface area contributed by atoms with Gasteiger partial charge in [0.15, 0.2) is 0 Å². The van der Waals surface area contributed by atoms with Crippen molar-refractivity contribution in [1.29, 1.82) is 0 Å². The van der Waals surface area contributed by atoms with Crippen molar-refractivity contribution < 1.29 is 22.8 Å². The molecule has 1 aliphatic heterocycles. The molecule has 0 spiro atoms. The Morgan fingerprint density at radius 3 is 2.25 bits per heavy atom. The molecule has 2 amide bonds. The van der Waals surface area contributed by atoms with Crippen LogP contribution < -0.4 is 0 Å². The van der Waals surface area contributed by atoms with Gasteiger partial charge in [0, 0.05) is 19.0 Å². The fourth-order valence-electron chi connectivity index (χ4n) is 2.30. The zero-order valence-corrected chi connectivity index (χ0v) is 12.3. The van der Waals surface area contributed by atoms with E-state index in [0.717, 1.165) is 7.05 Å². The summed E-state index contributed by atoms with van der Waals surface area (Å²) in [6.45, 7) is 4.32. The van der Waals surface area contributed by atoms with E-state index in [9.17, 15) is 22.8 Å². The normalized spacial score (nSPS) is 20.1. The van der Waals surface area contributed by atoms with Crippen molar-refractivity contribution in [2.75, 3.05) is 20.1 Å². The molecule has 0 N–H and O–H groups in total. The largest absolute Gasteiger partial charge is 0.406 e. The first-order valence-electron chi connectivity index (χ1n) is 6.56. The summed E-state index contributed by atoms with van der Waals surface area (Å²) in [6, 6.07) is -0.769. The number of hydrogen-bond donors (Lipinski definition) is 0. The number of likely N-dealkylation sites (N-methyl/N-ethyl adjacent to an activating group) is 1. The SMILES string of the molecule is CN(CC(F)(F)F)C(=O)[C@@H]1CCCN1C(=O)C(C)(C)C. The Morgan fingerprint density at radius 2 is 1.80 bits per heavy atom. The van der Waals surface area contributed by atoms with Crippen molar-refractivity contribution >= 4 is 11.8 Å². The lowest BCUT2D eigenvalue weighted by Crippen LogP contribution is -2.51. The first-order valence-corrected chi connectivity index (χ1v) is 6.56. The minimum atomic E-state index is -4.43. The fourth-order valence-corrected chi connectivity index (χ4v) is 2.30. The summed E-state index contributed by atoms with van der Waals surface area (Å²) in [5.74, 6) is -0.841. The van der Waals surface area contributed by atoms with E-state index in [2.05, 4.69) is 0 Å². The number of hydrogen-bond acceptors (Lipinski definition) is 2. The molecular formula is C13H21F3N2O2. The first-order chi connectivity index (χ1) is 8.93. The third kappa shape index (κ3) is 4.11. The molecule has 1 atom stereocenters. The topological polar surface area (TPSA) is 40.6 Å². The molecular weight excluding hydrogens is 273 g/mol. The van der Waals surface area contributed by atoms with E-state index in [1.807, 2.05) is 0 Å². The van der Waals surface area contributed by atoms with Gasteiger partial charge < -0.3 is 9.80 Å². The van der Waals surface area contributed by atoms with Crippen LogP contribution in [0.1, 0.15) is 33.6 Å². The van der Waals surface area contributed by atoms with Gasteiger partial charge in [-0.05, 0) is 12.8 Å². The Kier molecular flexibility index (Phi) is 4.71. The van der Waals surface area contributed by atoms with Crippen LogP contribution in [0.25, 0.3) is 0 Å². The number of likely N-dealkylation sites (tertiary alicyclic amines) is 1. The van der Waals surface area contributed by atoms with E-state index in [1.165, 1.54) is 4.90 Å². The summed E-state index contributed by atoms with van der Waals surface area (Å²) in [4.78, 5) is 26.4. The van der Waals surface area contributed by atoms with Gasteiger partial charge in [0.1, 0.15) is 12.6 Å². The van der Waals surface area contributed by atoms with Crippen LogP contribution in [0, 0.1) is 5.41 Å². The number of rotatable bonds is 2. The molecule has 0 radical (unpaired) electrons. The van der Waals surface area contributed by atoms with Crippen molar-refractivity contribution in [2.24, 2.45) is 5.41 Å².